The monoisotopic (exact) mass is 960 g/mol. The summed E-state index contributed by atoms with van der Waals surface area (Å²) in [4.78, 5) is 11.9. The lowest BCUT2D eigenvalue weighted by Gasteiger charge is -2.45. The largest absolute Gasteiger partial charge is 0.460 e. The van der Waals surface area contributed by atoms with E-state index >= 15 is 17.6 Å². The number of hydrogen-bond donors (Lipinski definition) is 0. The molecule has 0 N–H and O–H groups in total. The van der Waals surface area contributed by atoms with Gasteiger partial charge in [-0.25, -0.2) is 4.79 Å². The van der Waals surface area contributed by atoms with Crippen LogP contribution in [0.2, 0.25) is 0 Å². The number of rotatable bonds is 17. The van der Waals surface area contributed by atoms with Crippen LogP contribution in [0.15, 0.2) is 87.5 Å². The molecule has 3 aromatic carbocycles. The van der Waals surface area contributed by atoms with Gasteiger partial charge in [0.2, 0.25) is 0 Å². The molecule has 0 saturated heterocycles. The lowest BCUT2D eigenvalue weighted by atomic mass is 9.85. The van der Waals surface area contributed by atoms with Crippen molar-refractivity contribution in [2.45, 2.75) is 120 Å². The highest BCUT2D eigenvalue weighted by molar-refractivity contribution is 8.30. The Kier molecular flexibility index (Phi) is 13.6. The van der Waals surface area contributed by atoms with Crippen LogP contribution in [-0.2, 0) is 28.2 Å². The van der Waals surface area contributed by atoms with E-state index in [9.17, 15) is 88.2 Å². The minimum Gasteiger partial charge on any atom is -0.397 e. The van der Waals surface area contributed by atoms with Crippen molar-refractivity contribution in [1.29, 1.82) is 0 Å². The first-order valence-corrected chi connectivity index (χ1v) is 18.5. The summed E-state index contributed by atoms with van der Waals surface area (Å²) in [6.45, 7) is 4.78. The smallest absolute Gasteiger partial charge is 0.397 e. The highest BCUT2D eigenvalue weighted by Crippen LogP contribution is 2.71. The molecule has 26 heteroatoms. The lowest BCUT2D eigenvalue weighted by molar-refractivity contribution is -0.477. The van der Waals surface area contributed by atoms with Crippen LogP contribution in [0.3, 0.4) is 0 Å². The molecule has 0 amide bonds. The standard InChI is InChI=1S/C36H27F23O2S/c1-4-19-7-13-22(14-8-19)62(23-15-9-20(5-2)10-16-23,24-17-11-21(6-3)12-18-24)61-25(60)26(37,38)27(39,40)28(41,42)29(43,44)30(45,46)31(47,48)32(49,50)33(51,52)34(53,54)35(55,56)36(57,58)59/h7-18H,4-6H2,1-3H3. The first kappa shape index (κ1) is 52.2. The molecule has 3 rings (SSSR count). The van der Waals surface area contributed by atoms with Gasteiger partial charge in [0.1, 0.15) is 0 Å². The van der Waals surface area contributed by atoms with Crippen LogP contribution in [0.4, 0.5) is 101 Å². The van der Waals surface area contributed by atoms with Crippen LogP contribution in [0.5, 0.6) is 0 Å². The fourth-order valence-corrected chi connectivity index (χ4v) is 8.35. The van der Waals surface area contributed by atoms with E-state index in [-0.39, 0.29) is 19.3 Å². The maximum Gasteiger partial charge on any atom is 0.460 e. The first-order valence-electron chi connectivity index (χ1n) is 16.9. The van der Waals surface area contributed by atoms with E-state index in [1.807, 2.05) is 0 Å². The molecule has 0 saturated carbocycles. The molecule has 0 unspecified atom stereocenters. The molecule has 0 aliphatic carbocycles. The van der Waals surface area contributed by atoms with E-state index in [1.165, 1.54) is 36.4 Å². The summed E-state index contributed by atoms with van der Waals surface area (Å²) in [7, 11) is -4.41. The van der Waals surface area contributed by atoms with E-state index in [2.05, 4.69) is 0 Å². The molecule has 0 aromatic heterocycles. The zero-order valence-electron chi connectivity index (χ0n) is 31.0. The van der Waals surface area contributed by atoms with Crippen LogP contribution in [0.25, 0.3) is 0 Å². The van der Waals surface area contributed by atoms with E-state index in [0.29, 0.717) is 16.7 Å². The highest BCUT2D eigenvalue weighted by Gasteiger charge is 2.99. The Morgan fingerprint density at radius 1 is 0.371 bits per heavy atom. The summed E-state index contributed by atoms with van der Waals surface area (Å²) >= 11 is 0. The van der Waals surface area contributed by atoms with E-state index in [0.717, 1.165) is 36.4 Å². The number of aryl methyl sites for hydroxylation is 3. The number of carbonyl (C=O) groups is 1. The fraction of sp³-hybridized carbons (Fsp3) is 0.472. The maximum atomic E-state index is 15.5. The summed E-state index contributed by atoms with van der Waals surface area (Å²) in [5.74, 6) is -94.5. The molecular formula is C36H27F23O2S. The molecule has 350 valence electrons. The Balaban J connectivity index is 2.30. The van der Waals surface area contributed by atoms with Gasteiger partial charge in [-0.2, -0.15) is 101 Å². The van der Waals surface area contributed by atoms with Crippen LogP contribution in [-0.4, -0.2) is 71.4 Å². The van der Waals surface area contributed by atoms with Crippen molar-refractivity contribution in [1.82, 2.24) is 0 Å². The second-order valence-corrected chi connectivity index (χ2v) is 15.9. The summed E-state index contributed by atoms with van der Waals surface area (Å²) in [5, 5.41) is 0. The summed E-state index contributed by atoms with van der Waals surface area (Å²) < 4.78 is 330. The van der Waals surface area contributed by atoms with Gasteiger partial charge in [-0.15, -0.1) is 0 Å². The molecule has 0 heterocycles. The van der Waals surface area contributed by atoms with Crippen molar-refractivity contribution in [3.8, 4) is 0 Å². The molecule has 62 heavy (non-hydrogen) atoms. The predicted octanol–water partition coefficient (Wildman–Crippen LogP) is 14.0. The summed E-state index contributed by atoms with van der Waals surface area (Å²) in [6.07, 6.45) is -7.41. The second-order valence-electron chi connectivity index (χ2n) is 13.2. The molecule has 0 atom stereocenters. The summed E-state index contributed by atoms with van der Waals surface area (Å²) in [5.41, 5.74) is 1.36. The quantitative estimate of drug-likeness (QED) is 0.126. The van der Waals surface area contributed by atoms with E-state index < -0.39 is 96.4 Å². The molecular weight excluding hydrogens is 933 g/mol. The molecule has 0 fully saturated rings. The van der Waals surface area contributed by atoms with E-state index in [1.54, 1.807) is 20.8 Å². The zero-order valence-corrected chi connectivity index (χ0v) is 31.8. The average Bonchev–Trinajstić information content (AvgIpc) is 3.18. The van der Waals surface area contributed by atoms with Crippen molar-refractivity contribution in [3.63, 3.8) is 0 Å². The van der Waals surface area contributed by atoms with E-state index in [4.69, 9.17) is 4.18 Å². The van der Waals surface area contributed by atoms with Crippen molar-refractivity contribution < 1.29 is 110 Å². The van der Waals surface area contributed by atoms with Crippen molar-refractivity contribution in [3.05, 3.63) is 89.5 Å². The molecule has 2 nitrogen and oxygen atoms in total. The Hall–Kier alpha value is -4.13. The number of halogens is 23. The van der Waals surface area contributed by atoms with Crippen LogP contribution in [0, 0.1) is 0 Å². The molecule has 3 aromatic rings. The van der Waals surface area contributed by atoms with Gasteiger partial charge in [-0.3, -0.25) is 0 Å². The van der Waals surface area contributed by atoms with Gasteiger partial charge in [0, 0.05) is 14.7 Å². The third-order valence-corrected chi connectivity index (χ3v) is 12.6. The van der Waals surface area contributed by atoms with Crippen molar-refractivity contribution in [2.24, 2.45) is 0 Å². The lowest BCUT2D eigenvalue weighted by Crippen LogP contribution is -2.78. The number of benzene rings is 3. The van der Waals surface area contributed by atoms with Gasteiger partial charge in [-0.1, -0.05) is 57.2 Å². The average molecular weight is 961 g/mol. The van der Waals surface area contributed by atoms with Gasteiger partial charge in [-0.05, 0) is 82.7 Å². The van der Waals surface area contributed by atoms with Crippen LogP contribution < -0.4 is 0 Å². The molecule has 0 aliphatic rings. The predicted molar refractivity (Wildman–Crippen MR) is 171 cm³/mol. The molecule has 0 bridgehead atoms. The van der Waals surface area contributed by atoms with Crippen molar-refractivity contribution in [2.75, 3.05) is 0 Å². The first-order chi connectivity index (χ1) is 27.7. The van der Waals surface area contributed by atoms with Gasteiger partial charge >= 0.3 is 71.4 Å². The third-order valence-electron chi connectivity index (χ3n) is 9.35. The Labute approximate surface area is 335 Å². The fourth-order valence-electron chi connectivity index (χ4n) is 5.35. The molecule has 0 spiro atoms. The van der Waals surface area contributed by atoms with Gasteiger partial charge < -0.3 is 4.18 Å². The normalized spacial score (nSPS) is 15.1. The minimum atomic E-state index is -9.56. The Bertz CT molecular complexity index is 1930. The topological polar surface area (TPSA) is 26.3 Å². The number of alkyl halides is 23. The second kappa shape index (κ2) is 16.1. The molecule has 0 radical (unpaired) electrons. The zero-order chi connectivity index (χ0) is 48.4. The highest BCUT2D eigenvalue weighted by atomic mass is 32.3. The minimum absolute atomic E-state index is 0.252. The van der Waals surface area contributed by atoms with Gasteiger partial charge in [0.15, 0.2) is 0 Å². The van der Waals surface area contributed by atoms with Gasteiger partial charge in [0.25, 0.3) is 0 Å². The van der Waals surface area contributed by atoms with Crippen molar-refractivity contribution >= 4 is 16.3 Å². The number of carbonyl (C=O) groups excluding carboxylic acids is 1. The van der Waals surface area contributed by atoms with Gasteiger partial charge in [0.05, 0.1) is 0 Å². The molecule has 0 aliphatic heterocycles. The van der Waals surface area contributed by atoms with Crippen LogP contribution >= 0.6 is 10.3 Å². The summed E-state index contributed by atoms with van der Waals surface area (Å²) in [6, 6.07) is 13.7. The SMILES string of the molecule is CCc1ccc(S(OC(=O)C(F)(F)C(F)(F)C(F)(F)C(F)(F)C(F)(F)C(F)(F)C(F)(F)C(F)(F)C(F)(F)C(F)(F)C(F)(F)F)(c2ccc(CC)cc2)c2ccc(CC)cc2)cc1. The van der Waals surface area contributed by atoms with Crippen LogP contribution in [0.1, 0.15) is 37.5 Å². The third kappa shape index (κ3) is 7.39. The Morgan fingerprint density at radius 3 is 0.790 bits per heavy atom. The number of hydrogen-bond acceptors (Lipinski definition) is 2. The maximum absolute atomic E-state index is 15.5. The Morgan fingerprint density at radius 2 is 0.581 bits per heavy atom.